The number of halogens is 2. The number of nitrogens with zero attached hydrogens (tertiary/aromatic N) is 2. The molecule has 0 spiro atoms. The molecule has 130 valence electrons. The molecule has 0 aliphatic heterocycles. The van der Waals surface area contributed by atoms with Gasteiger partial charge in [0.2, 0.25) is 5.91 Å². The third-order valence-corrected chi connectivity index (χ3v) is 5.12. The van der Waals surface area contributed by atoms with Crippen LogP contribution in [0.25, 0.3) is 10.8 Å². The van der Waals surface area contributed by atoms with Crippen molar-refractivity contribution in [3.05, 3.63) is 63.5 Å². The van der Waals surface area contributed by atoms with Crippen LogP contribution in [0.3, 0.4) is 0 Å². The van der Waals surface area contributed by atoms with Crippen LogP contribution in [0.1, 0.15) is 18.2 Å². The molecule has 2 aromatic heterocycles. The van der Waals surface area contributed by atoms with E-state index in [1.54, 1.807) is 29.4 Å². The van der Waals surface area contributed by atoms with Gasteiger partial charge in [0, 0.05) is 28.5 Å². The molecule has 0 radical (unpaired) electrons. The number of benzene rings is 1. The van der Waals surface area contributed by atoms with E-state index in [1.807, 2.05) is 18.4 Å². The first-order valence-electron chi connectivity index (χ1n) is 7.76. The van der Waals surface area contributed by atoms with Crippen molar-refractivity contribution in [1.82, 2.24) is 9.88 Å². The summed E-state index contributed by atoms with van der Waals surface area (Å²) in [6.07, 6.45) is 1.77. The molecule has 0 saturated heterocycles. The summed E-state index contributed by atoms with van der Waals surface area (Å²) in [6, 6.07) is 8.37. The van der Waals surface area contributed by atoms with Gasteiger partial charge in [0.25, 0.3) is 0 Å². The maximum atomic E-state index is 13.9. The van der Waals surface area contributed by atoms with Gasteiger partial charge >= 0.3 is 0 Å². The number of thiazole rings is 1. The number of likely N-dealkylation sites (N-methyl/N-ethyl adjacent to an activating group) is 1. The number of rotatable bonds is 6. The van der Waals surface area contributed by atoms with Gasteiger partial charge in [0.15, 0.2) is 10.8 Å². The van der Waals surface area contributed by atoms with Crippen LogP contribution in [0.5, 0.6) is 0 Å². The summed E-state index contributed by atoms with van der Waals surface area (Å²) in [5.74, 6) is 0.286. The minimum Gasteiger partial charge on any atom is -0.462 e. The van der Waals surface area contributed by atoms with Gasteiger partial charge in [-0.05, 0) is 37.3 Å². The van der Waals surface area contributed by atoms with Gasteiger partial charge in [-0.3, -0.25) is 4.79 Å². The van der Waals surface area contributed by atoms with Crippen molar-refractivity contribution in [2.45, 2.75) is 19.9 Å². The molecule has 25 heavy (non-hydrogen) atoms. The van der Waals surface area contributed by atoms with Gasteiger partial charge in [-0.1, -0.05) is 15.9 Å². The summed E-state index contributed by atoms with van der Waals surface area (Å²) in [7, 11) is 0. The number of carbonyl (C=O) groups is 1. The Balaban J connectivity index is 1.69. The lowest BCUT2D eigenvalue weighted by Crippen LogP contribution is -2.32. The van der Waals surface area contributed by atoms with Crippen LogP contribution in [0.4, 0.5) is 4.39 Å². The largest absolute Gasteiger partial charge is 0.462 e. The number of amides is 1. The lowest BCUT2D eigenvalue weighted by molar-refractivity contribution is -0.130. The summed E-state index contributed by atoms with van der Waals surface area (Å²) in [4.78, 5) is 18.6. The van der Waals surface area contributed by atoms with Crippen LogP contribution < -0.4 is 0 Å². The maximum Gasteiger partial charge on any atom is 0.228 e. The second-order valence-corrected chi connectivity index (χ2v) is 7.22. The molecule has 1 aromatic carbocycles. The highest BCUT2D eigenvalue weighted by Gasteiger charge is 2.17. The van der Waals surface area contributed by atoms with Gasteiger partial charge in [0.1, 0.15) is 5.82 Å². The van der Waals surface area contributed by atoms with Crippen molar-refractivity contribution < 1.29 is 13.6 Å². The first kappa shape index (κ1) is 17.8. The average Bonchev–Trinajstić information content (AvgIpc) is 3.26. The standard InChI is InChI=1S/C18H16BrFN2O2S/c1-2-22(10-12-8-13(19)5-6-15(12)20)17(23)9-14-11-25-18(21-14)16-4-3-7-24-16/h3-8,11H,2,9-10H2,1H3. The second kappa shape index (κ2) is 7.93. The molecule has 0 unspecified atom stereocenters. The molecule has 3 aromatic rings. The third-order valence-electron chi connectivity index (χ3n) is 3.72. The molecule has 7 heteroatoms. The fourth-order valence-electron chi connectivity index (χ4n) is 2.41. The SMILES string of the molecule is CCN(Cc1cc(Br)ccc1F)C(=O)Cc1csc(-c2ccco2)n1. The Morgan fingerprint density at radius 2 is 2.24 bits per heavy atom. The van der Waals surface area contributed by atoms with Crippen LogP contribution in [0, 0.1) is 5.82 Å². The van der Waals surface area contributed by atoms with Crippen LogP contribution in [-0.4, -0.2) is 22.3 Å². The van der Waals surface area contributed by atoms with Crippen molar-refractivity contribution in [1.29, 1.82) is 0 Å². The topological polar surface area (TPSA) is 46.3 Å². The third kappa shape index (κ3) is 4.35. The van der Waals surface area contributed by atoms with Crippen LogP contribution in [0.15, 0.2) is 50.9 Å². The Hall–Kier alpha value is -1.99. The Labute approximate surface area is 157 Å². The molecule has 0 saturated carbocycles. The zero-order valence-electron chi connectivity index (χ0n) is 13.5. The summed E-state index contributed by atoms with van der Waals surface area (Å²) < 4.78 is 20.0. The van der Waals surface area contributed by atoms with Crippen molar-refractivity contribution >= 4 is 33.2 Å². The predicted molar refractivity (Wildman–Crippen MR) is 98.7 cm³/mol. The van der Waals surface area contributed by atoms with Crippen LogP contribution >= 0.6 is 27.3 Å². The van der Waals surface area contributed by atoms with Crippen LogP contribution in [0.2, 0.25) is 0 Å². The van der Waals surface area contributed by atoms with Gasteiger partial charge in [-0.2, -0.15) is 0 Å². The molecule has 0 N–H and O–H groups in total. The highest BCUT2D eigenvalue weighted by atomic mass is 79.9. The fourth-order valence-corrected chi connectivity index (χ4v) is 3.61. The lowest BCUT2D eigenvalue weighted by Gasteiger charge is -2.21. The van der Waals surface area contributed by atoms with E-state index in [1.165, 1.54) is 17.4 Å². The van der Waals surface area contributed by atoms with E-state index in [2.05, 4.69) is 20.9 Å². The van der Waals surface area contributed by atoms with E-state index < -0.39 is 0 Å². The average molecular weight is 423 g/mol. The maximum absolute atomic E-state index is 13.9. The molecule has 0 bridgehead atoms. The molecule has 2 heterocycles. The molecule has 0 aliphatic carbocycles. The van der Waals surface area contributed by atoms with Gasteiger partial charge < -0.3 is 9.32 Å². The normalized spacial score (nSPS) is 10.8. The number of carbonyl (C=O) groups excluding carboxylic acids is 1. The first-order chi connectivity index (χ1) is 12.1. The Bertz CT molecular complexity index is 864. The highest BCUT2D eigenvalue weighted by Crippen LogP contribution is 2.24. The quantitative estimate of drug-likeness (QED) is 0.567. The lowest BCUT2D eigenvalue weighted by atomic mass is 10.2. The van der Waals surface area contributed by atoms with Crippen molar-refractivity contribution in [2.24, 2.45) is 0 Å². The first-order valence-corrected chi connectivity index (χ1v) is 9.44. The summed E-state index contributed by atoms with van der Waals surface area (Å²) in [6.45, 7) is 2.61. The smallest absolute Gasteiger partial charge is 0.228 e. The predicted octanol–water partition coefficient (Wildman–Crippen LogP) is 4.90. The highest BCUT2D eigenvalue weighted by molar-refractivity contribution is 9.10. The van der Waals surface area contributed by atoms with E-state index >= 15 is 0 Å². The van der Waals surface area contributed by atoms with E-state index in [-0.39, 0.29) is 24.7 Å². The number of aromatic nitrogens is 1. The van der Waals surface area contributed by atoms with E-state index in [4.69, 9.17) is 4.42 Å². The zero-order chi connectivity index (χ0) is 17.8. The molecule has 4 nitrogen and oxygen atoms in total. The molecule has 0 atom stereocenters. The Morgan fingerprint density at radius 3 is 2.96 bits per heavy atom. The number of furan rings is 1. The second-order valence-electron chi connectivity index (χ2n) is 5.44. The molecular weight excluding hydrogens is 407 g/mol. The summed E-state index contributed by atoms with van der Waals surface area (Å²) in [5.41, 5.74) is 1.17. The van der Waals surface area contributed by atoms with Gasteiger partial charge in [-0.25, -0.2) is 9.37 Å². The zero-order valence-corrected chi connectivity index (χ0v) is 15.9. The summed E-state index contributed by atoms with van der Waals surface area (Å²) >= 11 is 4.77. The molecular formula is C18H16BrFN2O2S. The Kier molecular flexibility index (Phi) is 5.65. The molecule has 0 aliphatic rings. The monoisotopic (exact) mass is 422 g/mol. The van der Waals surface area contributed by atoms with Gasteiger partial charge in [0.05, 0.1) is 18.4 Å². The molecule has 3 rings (SSSR count). The van der Waals surface area contributed by atoms with E-state index in [0.717, 1.165) is 9.48 Å². The number of hydrogen-bond donors (Lipinski definition) is 0. The van der Waals surface area contributed by atoms with Crippen molar-refractivity contribution in [2.75, 3.05) is 6.54 Å². The molecule has 1 amide bonds. The minimum atomic E-state index is -0.316. The summed E-state index contributed by atoms with van der Waals surface area (Å²) in [5, 5.41) is 2.59. The number of hydrogen-bond acceptors (Lipinski definition) is 4. The molecule has 0 fully saturated rings. The van der Waals surface area contributed by atoms with Gasteiger partial charge in [-0.15, -0.1) is 11.3 Å². The Morgan fingerprint density at radius 1 is 1.40 bits per heavy atom. The van der Waals surface area contributed by atoms with Crippen molar-refractivity contribution in [3.63, 3.8) is 0 Å². The van der Waals surface area contributed by atoms with Crippen LogP contribution in [-0.2, 0) is 17.8 Å². The fraction of sp³-hybridized carbons (Fsp3) is 0.222. The van der Waals surface area contributed by atoms with E-state index in [9.17, 15) is 9.18 Å². The van der Waals surface area contributed by atoms with E-state index in [0.29, 0.717) is 23.6 Å². The minimum absolute atomic E-state index is 0.0850. The van der Waals surface area contributed by atoms with Crippen molar-refractivity contribution in [3.8, 4) is 10.8 Å².